The maximum Gasteiger partial charge on any atom is 0.316 e. The van der Waals surface area contributed by atoms with Gasteiger partial charge >= 0.3 is 5.97 Å². The summed E-state index contributed by atoms with van der Waals surface area (Å²) in [5.74, 6) is -1.38. The fourth-order valence-corrected chi connectivity index (χ4v) is 2.16. The van der Waals surface area contributed by atoms with Gasteiger partial charge in [-0.25, -0.2) is 0 Å². The van der Waals surface area contributed by atoms with Crippen LogP contribution in [0.25, 0.3) is 0 Å². The summed E-state index contributed by atoms with van der Waals surface area (Å²) in [4.78, 5) is 24.5. The summed E-state index contributed by atoms with van der Waals surface area (Å²) < 4.78 is 10.3. The summed E-state index contributed by atoms with van der Waals surface area (Å²) in [6.45, 7) is 0.360. The van der Waals surface area contributed by atoms with Gasteiger partial charge in [0.05, 0.1) is 19.9 Å². The van der Waals surface area contributed by atoms with E-state index >= 15 is 0 Å². The first kappa shape index (κ1) is 13.2. The molecule has 1 aliphatic heterocycles. The first-order chi connectivity index (χ1) is 9.08. The number of aliphatic carboxylic acids is 1. The van der Waals surface area contributed by atoms with Gasteiger partial charge in [-0.1, -0.05) is 0 Å². The van der Waals surface area contributed by atoms with Crippen LogP contribution in [0.2, 0.25) is 0 Å². The van der Waals surface area contributed by atoms with Gasteiger partial charge in [-0.2, -0.15) is 0 Å². The molecule has 0 aromatic heterocycles. The minimum absolute atomic E-state index is 0.300. The van der Waals surface area contributed by atoms with Gasteiger partial charge in [0.25, 0.3) is 0 Å². The molecule has 0 saturated carbocycles. The summed E-state index contributed by atoms with van der Waals surface area (Å²) in [6.07, 6.45) is 0.300. The van der Waals surface area contributed by atoms with Crippen molar-refractivity contribution in [1.82, 2.24) is 0 Å². The Labute approximate surface area is 110 Å². The molecule has 0 aliphatic carbocycles. The Morgan fingerprint density at radius 3 is 2.63 bits per heavy atom. The van der Waals surface area contributed by atoms with Crippen LogP contribution in [0.5, 0.6) is 11.5 Å². The standard InChI is InChI=1S/C13H15NO5/c1-18-8-3-4-11(19-2)10(7-8)14-6-5-9(12(14)15)13(16)17/h3-4,7,9H,5-6H2,1-2H3,(H,16,17). The Morgan fingerprint density at radius 1 is 1.37 bits per heavy atom. The van der Waals surface area contributed by atoms with Crippen LogP contribution in [0.4, 0.5) is 5.69 Å². The lowest BCUT2D eigenvalue weighted by atomic mass is 10.1. The average molecular weight is 265 g/mol. The monoisotopic (exact) mass is 265 g/mol. The lowest BCUT2D eigenvalue weighted by molar-refractivity contribution is -0.144. The minimum atomic E-state index is -1.09. The van der Waals surface area contributed by atoms with Crippen LogP contribution < -0.4 is 14.4 Å². The topological polar surface area (TPSA) is 76.1 Å². The number of carbonyl (C=O) groups excluding carboxylic acids is 1. The maximum absolute atomic E-state index is 12.1. The zero-order valence-corrected chi connectivity index (χ0v) is 10.8. The summed E-state index contributed by atoms with van der Waals surface area (Å²) in [7, 11) is 3.03. The number of ether oxygens (including phenoxy) is 2. The third-order valence-electron chi connectivity index (χ3n) is 3.18. The SMILES string of the molecule is COc1ccc(OC)c(N2CCC(C(=O)O)C2=O)c1. The van der Waals surface area contributed by atoms with E-state index in [0.717, 1.165) is 0 Å². The predicted octanol–water partition coefficient (Wildman–Crippen LogP) is 1.14. The second-order valence-corrected chi connectivity index (χ2v) is 4.21. The Kier molecular flexibility index (Phi) is 3.59. The molecule has 6 heteroatoms. The number of nitrogens with zero attached hydrogens (tertiary/aromatic N) is 1. The fraction of sp³-hybridized carbons (Fsp3) is 0.385. The summed E-state index contributed by atoms with van der Waals surface area (Å²) in [6, 6.07) is 5.08. The predicted molar refractivity (Wildman–Crippen MR) is 67.6 cm³/mol. The van der Waals surface area contributed by atoms with Gasteiger partial charge in [0.2, 0.25) is 5.91 Å². The van der Waals surface area contributed by atoms with Gasteiger partial charge in [-0.3, -0.25) is 9.59 Å². The highest BCUT2D eigenvalue weighted by Gasteiger charge is 2.38. The number of hydrogen-bond donors (Lipinski definition) is 1. The zero-order chi connectivity index (χ0) is 14.0. The van der Waals surface area contributed by atoms with E-state index in [4.69, 9.17) is 14.6 Å². The molecular formula is C13H15NO5. The van der Waals surface area contributed by atoms with E-state index in [1.807, 2.05) is 0 Å². The first-order valence-electron chi connectivity index (χ1n) is 5.84. The van der Waals surface area contributed by atoms with E-state index in [-0.39, 0.29) is 0 Å². The average Bonchev–Trinajstić information content (AvgIpc) is 2.79. The molecule has 1 aromatic rings. The molecule has 1 heterocycles. The molecule has 102 valence electrons. The highest BCUT2D eigenvalue weighted by Crippen LogP contribution is 2.35. The van der Waals surface area contributed by atoms with Gasteiger partial charge < -0.3 is 19.5 Å². The lowest BCUT2D eigenvalue weighted by Crippen LogP contribution is -2.30. The Balaban J connectivity index is 2.36. The number of rotatable bonds is 4. The van der Waals surface area contributed by atoms with E-state index < -0.39 is 17.8 Å². The molecule has 1 aliphatic rings. The molecule has 2 rings (SSSR count). The third kappa shape index (κ3) is 2.33. The van der Waals surface area contributed by atoms with Crippen molar-refractivity contribution in [3.63, 3.8) is 0 Å². The van der Waals surface area contributed by atoms with E-state index in [9.17, 15) is 9.59 Å². The van der Waals surface area contributed by atoms with Gasteiger partial charge in [0.1, 0.15) is 17.4 Å². The zero-order valence-electron chi connectivity index (χ0n) is 10.8. The second kappa shape index (κ2) is 5.17. The number of carboxylic acid groups (broad SMARTS) is 1. The number of amides is 1. The molecule has 0 radical (unpaired) electrons. The fourth-order valence-electron chi connectivity index (χ4n) is 2.16. The van der Waals surface area contributed by atoms with Crippen LogP contribution >= 0.6 is 0 Å². The van der Waals surface area contributed by atoms with E-state index in [1.54, 1.807) is 18.2 Å². The largest absolute Gasteiger partial charge is 0.497 e. The highest BCUT2D eigenvalue weighted by molar-refractivity contribution is 6.08. The minimum Gasteiger partial charge on any atom is -0.497 e. The van der Waals surface area contributed by atoms with Crippen molar-refractivity contribution in [2.45, 2.75) is 6.42 Å². The number of carbonyl (C=O) groups is 2. The van der Waals surface area contributed by atoms with Gasteiger partial charge in [0, 0.05) is 12.6 Å². The molecule has 6 nitrogen and oxygen atoms in total. The van der Waals surface area contributed by atoms with Crippen LogP contribution in [0.1, 0.15) is 6.42 Å². The number of anilines is 1. The summed E-state index contributed by atoms with van der Waals surface area (Å²) in [5.41, 5.74) is 0.538. The van der Waals surface area contributed by atoms with Crippen molar-refractivity contribution >= 4 is 17.6 Å². The van der Waals surface area contributed by atoms with Crippen LogP contribution in [0, 0.1) is 5.92 Å². The molecule has 1 fully saturated rings. The van der Waals surface area contributed by atoms with Crippen LogP contribution in [0.15, 0.2) is 18.2 Å². The molecule has 0 spiro atoms. The number of benzene rings is 1. The summed E-state index contributed by atoms with van der Waals surface area (Å²) in [5, 5.41) is 8.97. The quantitative estimate of drug-likeness (QED) is 0.826. The van der Waals surface area contributed by atoms with E-state index in [0.29, 0.717) is 30.2 Å². The number of hydrogen-bond acceptors (Lipinski definition) is 4. The molecule has 19 heavy (non-hydrogen) atoms. The molecule has 1 saturated heterocycles. The molecule has 1 unspecified atom stereocenters. The maximum atomic E-state index is 12.1. The van der Waals surface area contributed by atoms with Gasteiger partial charge in [-0.05, 0) is 18.6 Å². The van der Waals surface area contributed by atoms with Crippen molar-refractivity contribution in [2.75, 3.05) is 25.7 Å². The molecule has 0 bridgehead atoms. The van der Waals surface area contributed by atoms with Crippen molar-refractivity contribution in [3.8, 4) is 11.5 Å². The molecule has 1 N–H and O–H groups in total. The van der Waals surface area contributed by atoms with E-state index in [2.05, 4.69) is 0 Å². The van der Waals surface area contributed by atoms with Crippen LogP contribution in [0.3, 0.4) is 0 Å². The normalized spacial score (nSPS) is 18.5. The van der Waals surface area contributed by atoms with Gasteiger partial charge in [0.15, 0.2) is 0 Å². The second-order valence-electron chi connectivity index (χ2n) is 4.21. The van der Waals surface area contributed by atoms with Crippen molar-refractivity contribution in [2.24, 2.45) is 5.92 Å². The molecule has 1 amide bonds. The number of carboxylic acids is 1. The first-order valence-corrected chi connectivity index (χ1v) is 5.84. The van der Waals surface area contributed by atoms with Gasteiger partial charge in [-0.15, -0.1) is 0 Å². The number of methoxy groups -OCH3 is 2. The van der Waals surface area contributed by atoms with Crippen molar-refractivity contribution < 1.29 is 24.2 Å². The van der Waals surface area contributed by atoms with E-state index in [1.165, 1.54) is 19.1 Å². The Morgan fingerprint density at radius 2 is 2.11 bits per heavy atom. The Bertz CT molecular complexity index is 514. The summed E-state index contributed by atoms with van der Waals surface area (Å²) >= 11 is 0. The van der Waals surface area contributed by atoms with Crippen LogP contribution in [-0.2, 0) is 9.59 Å². The molecular weight excluding hydrogens is 250 g/mol. The van der Waals surface area contributed by atoms with Crippen LogP contribution in [-0.4, -0.2) is 37.7 Å². The third-order valence-corrected chi connectivity index (χ3v) is 3.18. The lowest BCUT2D eigenvalue weighted by Gasteiger charge is -2.20. The van der Waals surface area contributed by atoms with Crippen molar-refractivity contribution in [1.29, 1.82) is 0 Å². The Hall–Kier alpha value is -2.24. The van der Waals surface area contributed by atoms with Crippen molar-refractivity contribution in [3.05, 3.63) is 18.2 Å². The highest BCUT2D eigenvalue weighted by atomic mass is 16.5. The molecule has 1 aromatic carbocycles. The molecule has 1 atom stereocenters. The smallest absolute Gasteiger partial charge is 0.316 e.